The van der Waals surface area contributed by atoms with Crippen LogP contribution in [-0.2, 0) is 9.47 Å². The quantitative estimate of drug-likeness (QED) is 0.558. The Bertz CT molecular complexity index is 192. The van der Waals surface area contributed by atoms with Crippen LogP contribution in [0.4, 0.5) is 4.79 Å². The molecule has 0 aromatic heterocycles. The van der Waals surface area contributed by atoms with Crippen molar-refractivity contribution in [1.29, 1.82) is 0 Å². The molecule has 3 N–H and O–H groups in total. The van der Waals surface area contributed by atoms with Gasteiger partial charge < -0.3 is 20.3 Å². The summed E-state index contributed by atoms with van der Waals surface area (Å²) in [7, 11) is 0. The smallest absolute Gasteiger partial charge is 0.404 e. The second-order valence-electron chi connectivity index (χ2n) is 2.42. The molecule has 0 aromatic rings. The molecule has 5 nitrogen and oxygen atoms in total. The number of ether oxygens (including phenoxy) is 2. The molecule has 1 aliphatic rings. The lowest BCUT2D eigenvalue weighted by Crippen LogP contribution is -2.31. The van der Waals surface area contributed by atoms with Crippen molar-refractivity contribution < 1.29 is 19.4 Å². The van der Waals surface area contributed by atoms with E-state index >= 15 is 0 Å². The first-order valence-corrected chi connectivity index (χ1v) is 3.58. The van der Waals surface area contributed by atoms with Crippen LogP contribution in [0.1, 0.15) is 0 Å². The number of aliphatic hydroxyl groups excluding tert-OH is 1. The Balaban J connectivity index is 2.23. The molecular formula is C7H11NO4. The van der Waals surface area contributed by atoms with E-state index in [0.717, 1.165) is 0 Å². The molecule has 5 heteroatoms. The van der Waals surface area contributed by atoms with Crippen LogP contribution in [0.3, 0.4) is 0 Å². The largest absolute Gasteiger partial charge is 0.447 e. The van der Waals surface area contributed by atoms with Gasteiger partial charge in [0.1, 0.15) is 18.8 Å². The van der Waals surface area contributed by atoms with E-state index in [9.17, 15) is 9.90 Å². The Labute approximate surface area is 69.8 Å². The number of carbonyl (C=O) groups is 1. The number of primary amides is 1. The first-order valence-electron chi connectivity index (χ1n) is 3.58. The van der Waals surface area contributed by atoms with Crippen molar-refractivity contribution in [2.75, 3.05) is 13.2 Å². The van der Waals surface area contributed by atoms with Crippen molar-refractivity contribution in [2.24, 2.45) is 5.73 Å². The van der Waals surface area contributed by atoms with Crippen LogP contribution >= 0.6 is 0 Å². The molecule has 0 aromatic carbocycles. The van der Waals surface area contributed by atoms with E-state index in [4.69, 9.17) is 10.5 Å². The number of amides is 1. The normalized spacial score (nSPS) is 23.9. The lowest BCUT2D eigenvalue weighted by molar-refractivity contribution is -0.0189. The van der Waals surface area contributed by atoms with Crippen LogP contribution in [0.15, 0.2) is 12.2 Å². The highest BCUT2D eigenvalue weighted by Crippen LogP contribution is 2.08. The number of nitrogens with two attached hydrogens (primary N) is 1. The van der Waals surface area contributed by atoms with Crippen LogP contribution in [0, 0.1) is 0 Å². The van der Waals surface area contributed by atoms with Gasteiger partial charge in [-0.05, 0) is 0 Å². The third-order valence-electron chi connectivity index (χ3n) is 1.49. The first kappa shape index (κ1) is 9.02. The predicted octanol–water partition coefficient (Wildman–Crippen LogP) is -0.602. The van der Waals surface area contributed by atoms with Gasteiger partial charge in [0.25, 0.3) is 0 Å². The van der Waals surface area contributed by atoms with E-state index in [1.54, 1.807) is 12.2 Å². The number of hydrogen-bond donors (Lipinski definition) is 2. The van der Waals surface area contributed by atoms with Gasteiger partial charge in [0.05, 0.1) is 6.61 Å². The molecule has 1 aliphatic heterocycles. The Morgan fingerprint density at radius 3 is 3.17 bits per heavy atom. The number of carbonyl (C=O) groups excluding carboxylic acids is 1. The Hall–Kier alpha value is -1.07. The van der Waals surface area contributed by atoms with Crippen LogP contribution < -0.4 is 5.73 Å². The van der Waals surface area contributed by atoms with E-state index in [1.807, 2.05) is 0 Å². The second kappa shape index (κ2) is 4.08. The molecule has 0 spiro atoms. The minimum absolute atomic E-state index is 0.135. The topological polar surface area (TPSA) is 81.8 Å². The van der Waals surface area contributed by atoms with E-state index < -0.39 is 12.2 Å². The van der Waals surface area contributed by atoms with Crippen molar-refractivity contribution in [2.45, 2.75) is 12.2 Å². The van der Waals surface area contributed by atoms with E-state index in [0.29, 0.717) is 6.61 Å². The molecule has 0 saturated carbocycles. The van der Waals surface area contributed by atoms with Crippen molar-refractivity contribution in [3.8, 4) is 0 Å². The van der Waals surface area contributed by atoms with Gasteiger partial charge in [-0.3, -0.25) is 0 Å². The monoisotopic (exact) mass is 173 g/mol. The zero-order valence-corrected chi connectivity index (χ0v) is 6.47. The molecule has 68 valence electrons. The van der Waals surface area contributed by atoms with Gasteiger partial charge in [-0.2, -0.15) is 0 Å². The first-order chi connectivity index (χ1) is 5.70. The summed E-state index contributed by atoms with van der Waals surface area (Å²) in [6.07, 6.45) is 1.39. The summed E-state index contributed by atoms with van der Waals surface area (Å²) in [6, 6.07) is 0. The summed E-state index contributed by atoms with van der Waals surface area (Å²) in [5.74, 6) is 0. The second-order valence-corrected chi connectivity index (χ2v) is 2.42. The zero-order valence-electron chi connectivity index (χ0n) is 6.47. The van der Waals surface area contributed by atoms with Crippen LogP contribution in [-0.4, -0.2) is 36.6 Å². The van der Waals surface area contributed by atoms with E-state index in [1.165, 1.54) is 0 Å². The number of aliphatic hydroxyl groups is 1. The summed E-state index contributed by atoms with van der Waals surface area (Å²) in [5, 5.41) is 9.29. The molecule has 1 unspecified atom stereocenters. The van der Waals surface area contributed by atoms with Crippen LogP contribution in [0.5, 0.6) is 0 Å². The Kier molecular flexibility index (Phi) is 3.07. The summed E-state index contributed by atoms with van der Waals surface area (Å²) >= 11 is 0. The maximum absolute atomic E-state index is 10.1. The maximum Gasteiger partial charge on any atom is 0.404 e. The SMILES string of the molecule is NC(=O)OC[C@H](O)C1C=CCO1. The Morgan fingerprint density at radius 2 is 2.67 bits per heavy atom. The van der Waals surface area contributed by atoms with Crippen LogP contribution in [0.25, 0.3) is 0 Å². The lowest BCUT2D eigenvalue weighted by Gasteiger charge is -2.15. The summed E-state index contributed by atoms with van der Waals surface area (Å²) in [4.78, 5) is 10.1. The fourth-order valence-electron chi connectivity index (χ4n) is 0.914. The fraction of sp³-hybridized carbons (Fsp3) is 0.571. The molecule has 0 saturated heterocycles. The minimum Gasteiger partial charge on any atom is -0.447 e. The minimum atomic E-state index is -0.893. The molecule has 1 heterocycles. The standard InChI is InChI=1S/C7H11NO4/c8-7(10)12-4-5(9)6-2-1-3-11-6/h1-2,5-6,9H,3-4H2,(H2,8,10)/t5-,6?/m0/s1. The molecule has 2 atom stereocenters. The summed E-state index contributed by atoms with van der Waals surface area (Å²) < 4.78 is 9.44. The zero-order chi connectivity index (χ0) is 8.97. The highest BCUT2D eigenvalue weighted by molar-refractivity contribution is 5.64. The van der Waals surface area contributed by atoms with Crippen LogP contribution in [0.2, 0.25) is 0 Å². The van der Waals surface area contributed by atoms with Gasteiger partial charge in [-0.25, -0.2) is 4.79 Å². The Morgan fingerprint density at radius 1 is 1.92 bits per heavy atom. The third kappa shape index (κ3) is 2.52. The van der Waals surface area contributed by atoms with Gasteiger partial charge in [-0.1, -0.05) is 12.2 Å². The van der Waals surface area contributed by atoms with E-state index in [2.05, 4.69) is 4.74 Å². The molecule has 0 fully saturated rings. The molecule has 0 aliphatic carbocycles. The predicted molar refractivity (Wildman–Crippen MR) is 40.4 cm³/mol. The van der Waals surface area contributed by atoms with Crippen molar-refractivity contribution in [1.82, 2.24) is 0 Å². The molecular weight excluding hydrogens is 162 g/mol. The molecule has 0 radical (unpaired) electrons. The van der Waals surface area contributed by atoms with Crippen molar-refractivity contribution >= 4 is 6.09 Å². The maximum atomic E-state index is 10.1. The molecule has 12 heavy (non-hydrogen) atoms. The van der Waals surface area contributed by atoms with Gasteiger partial charge >= 0.3 is 6.09 Å². The lowest BCUT2D eigenvalue weighted by atomic mass is 10.2. The van der Waals surface area contributed by atoms with Gasteiger partial charge in [0, 0.05) is 0 Å². The molecule has 1 rings (SSSR count). The number of hydrogen-bond acceptors (Lipinski definition) is 4. The van der Waals surface area contributed by atoms with Crippen molar-refractivity contribution in [3.05, 3.63) is 12.2 Å². The third-order valence-corrected chi connectivity index (χ3v) is 1.49. The average Bonchev–Trinajstić information content (AvgIpc) is 2.51. The van der Waals surface area contributed by atoms with Gasteiger partial charge in [0.2, 0.25) is 0 Å². The fourth-order valence-corrected chi connectivity index (χ4v) is 0.914. The van der Waals surface area contributed by atoms with Gasteiger partial charge in [0.15, 0.2) is 0 Å². The summed E-state index contributed by atoms with van der Waals surface area (Å²) in [5.41, 5.74) is 4.71. The van der Waals surface area contributed by atoms with Gasteiger partial charge in [-0.15, -0.1) is 0 Å². The summed E-state index contributed by atoms with van der Waals surface area (Å²) in [6.45, 7) is 0.350. The van der Waals surface area contributed by atoms with E-state index in [-0.39, 0.29) is 12.7 Å². The highest BCUT2D eigenvalue weighted by atomic mass is 16.6. The highest BCUT2D eigenvalue weighted by Gasteiger charge is 2.20. The average molecular weight is 173 g/mol. The molecule has 0 bridgehead atoms. The number of rotatable bonds is 3. The molecule has 1 amide bonds. The van der Waals surface area contributed by atoms with Crippen molar-refractivity contribution in [3.63, 3.8) is 0 Å².